The van der Waals surface area contributed by atoms with Crippen molar-refractivity contribution in [1.82, 2.24) is 0 Å². The van der Waals surface area contributed by atoms with Crippen LogP contribution in [0.2, 0.25) is 0 Å². The van der Waals surface area contributed by atoms with Crippen molar-refractivity contribution in [3.63, 3.8) is 0 Å². The number of carboxylic acids is 2. The Morgan fingerprint density at radius 3 is 1.50 bits per heavy atom. The summed E-state index contributed by atoms with van der Waals surface area (Å²) in [6.45, 7) is 1.62. The highest BCUT2D eigenvalue weighted by atomic mass is 16.6. The van der Waals surface area contributed by atoms with E-state index in [-0.39, 0.29) is 33.0 Å². The first-order valence-electron chi connectivity index (χ1n) is 7.61. The van der Waals surface area contributed by atoms with Crippen molar-refractivity contribution in [2.45, 2.75) is 12.2 Å². The molecule has 0 spiro atoms. The Bertz CT molecular complexity index is 327. The molecule has 0 aliphatic carbocycles. The van der Waals surface area contributed by atoms with Crippen molar-refractivity contribution in [2.24, 2.45) is 0 Å². The third-order valence-electron chi connectivity index (χ3n) is 2.93. The number of aliphatic carboxylic acids is 2. The Labute approximate surface area is 139 Å². The van der Waals surface area contributed by atoms with Gasteiger partial charge in [0, 0.05) is 0 Å². The fourth-order valence-electron chi connectivity index (χ4n) is 1.68. The summed E-state index contributed by atoms with van der Waals surface area (Å²) in [6, 6.07) is 0. The minimum atomic E-state index is -1.28. The van der Waals surface area contributed by atoms with Crippen LogP contribution in [-0.4, -0.2) is 100 Å². The summed E-state index contributed by atoms with van der Waals surface area (Å²) in [4.78, 5) is 22.2. The van der Waals surface area contributed by atoms with Gasteiger partial charge in [-0.2, -0.15) is 0 Å². The highest BCUT2D eigenvalue weighted by Gasteiger charge is 2.24. The number of hydrogen-bond donors (Lipinski definition) is 2. The summed E-state index contributed by atoms with van der Waals surface area (Å²) in [5.74, 6) is -2.49. The summed E-state index contributed by atoms with van der Waals surface area (Å²) in [7, 11) is 0. The molecule has 0 aromatic heterocycles. The molecular formula is C14H24O10. The van der Waals surface area contributed by atoms with Gasteiger partial charge in [-0.3, -0.25) is 0 Å². The van der Waals surface area contributed by atoms with Gasteiger partial charge in [0.25, 0.3) is 0 Å². The van der Waals surface area contributed by atoms with E-state index in [1.807, 2.05) is 0 Å². The molecule has 1 aliphatic heterocycles. The predicted molar refractivity (Wildman–Crippen MR) is 78.0 cm³/mol. The summed E-state index contributed by atoms with van der Waals surface area (Å²) < 4.78 is 31.1. The van der Waals surface area contributed by atoms with E-state index in [4.69, 9.17) is 38.6 Å². The number of hydrogen-bond acceptors (Lipinski definition) is 8. The summed E-state index contributed by atoms with van der Waals surface area (Å²) in [5, 5.41) is 18.1. The van der Waals surface area contributed by atoms with E-state index in [9.17, 15) is 9.59 Å². The second-order valence-corrected chi connectivity index (χ2v) is 4.77. The molecule has 1 fully saturated rings. The first kappa shape index (κ1) is 20.7. The zero-order chi connectivity index (χ0) is 17.6. The van der Waals surface area contributed by atoms with Gasteiger partial charge in [-0.05, 0) is 0 Å². The molecule has 10 heteroatoms. The van der Waals surface area contributed by atoms with Gasteiger partial charge in [-0.1, -0.05) is 0 Å². The first-order valence-corrected chi connectivity index (χ1v) is 7.61. The van der Waals surface area contributed by atoms with E-state index in [2.05, 4.69) is 0 Å². The minimum absolute atomic E-state index is 0.0394. The van der Waals surface area contributed by atoms with E-state index in [0.29, 0.717) is 26.4 Å². The Balaban J connectivity index is 2.48. The van der Waals surface area contributed by atoms with Crippen molar-refractivity contribution in [1.29, 1.82) is 0 Å². The van der Waals surface area contributed by atoms with Gasteiger partial charge < -0.3 is 38.6 Å². The third kappa shape index (κ3) is 9.75. The van der Waals surface area contributed by atoms with Gasteiger partial charge in [0.15, 0.2) is 12.2 Å². The molecule has 0 saturated carbocycles. The first-order chi connectivity index (χ1) is 11.6. The lowest BCUT2D eigenvalue weighted by molar-refractivity contribution is -0.168. The maximum absolute atomic E-state index is 11.1. The van der Waals surface area contributed by atoms with Gasteiger partial charge in [-0.15, -0.1) is 0 Å². The highest BCUT2D eigenvalue weighted by Crippen LogP contribution is 2.01. The summed E-state index contributed by atoms with van der Waals surface area (Å²) >= 11 is 0. The largest absolute Gasteiger partial charge is 0.479 e. The molecule has 0 amide bonds. The van der Waals surface area contributed by atoms with Crippen LogP contribution in [0.3, 0.4) is 0 Å². The van der Waals surface area contributed by atoms with Crippen LogP contribution in [0.4, 0.5) is 0 Å². The van der Waals surface area contributed by atoms with Crippen molar-refractivity contribution in [3.8, 4) is 0 Å². The fourth-order valence-corrected chi connectivity index (χ4v) is 1.68. The Morgan fingerprint density at radius 2 is 1.00 bits per heavy atom. The molecule has 0 bridgehead atoms. The van der Waals surface area contributed by atoms with Gasteiger partial charge in [0.1, 0.15) is 0 Å². The Kier molecular flexibility index (Phi) is 11.3. The monoisotopic (exact) mass is 352 g/mol. The SMILES string of the molecule is O=C(O)C1COCCOCCOCCOCCO[C@@H](C(=O)O)CO1. The van der Waals surface area contributed by atoms with Gasteiger partial charge in [0.2, 0.25) is 0 Å². The maximum atomic E-state index is 11.1. The number of carboxylic acid groups (broad SMARTS) is 2. The van der Waals surface area contributed by atoms with Gasteiger partial charge >= 0.3 is 11.9 Å². The lowest BCUT2D eigenvalue weighted by Gasteiger charge is -2.18. The molecule has 1 saturated heterocycles. The van der Waals surface area contributed by atoms with E-state index in [0.717, 1.165) is 0 Å². The van der Waals surface area contributed by atoms with Crippen molar-refractivity contribution in [3.05, 3.63) is 0 Å². The van der Waals surface area contributed by atoms with Crippen LogP contribution >= 0.6 is 0 Å². The fraction of sp³-hybridized carbons (Fsp3) is 0.857. The second kappa shape index (κ2) is 13.0. The average molecular weight is 352 g/mol. The molecule has 2 atom stereocenters. The Hall–Kier alpha value is -1.30. The van der Waals surface area contributed by atoms with Crippen molar-refractivity contribution < 1.29 is 48.2 Å². The second-order valence-electron chi connectivity index (χ2n) is 4.77. The maximum Gasteiger partial charge on any atom is 0.335 e. The van der Waals surface area contributed by atoms with Crippen LogP contribution < -0.4 is 0 Å². The van der Waals surface area contributed by atoms with Crippen LogP contribution in [0.25, 0.3) is 0 Å². The summed E-state index contributed by atoms with van der Waals surface area (Å²) in [6.07, 6.45) is -2.57. The highest BCUT2D eigenvalue weighted by molar-refractivity contribution is 5.73. The van der Waals surface area contributed by atoms with Crippen molar-refractivity contribution >= 4 is 11.9 Å². The molecule has 24 heavy (non-hydrogen) atoms. The smallest absolute Gasteiger partial charge is 0.335 e. The van der Waals surface area contributed by atoms with Crippen LogP contribution in [-0.2, 0) is 38.0 Å². The standard InChI is InChI=1S/C14H24O10/c15-13(16)11-9-22-6-5-20-2-1-19-3-4-21-7-8-23-12(10-24-11)14(17)18/h11-12H,1-10H2,(H,15,16)(H,17,18)/t11?,12-/m1/s1. The molecule has 0 aromatic carbocycles. The molecule has 2 N–H and O–H groups in total. The van der Waals surface area contributed by atoms with Crippen LogP contribution in [0.15, 0.2) is 0 Å². The van der Waals surface area contributed by atoms with E-state index < -0.39 is 30.8 Å². The predicted octanol–water partition coefficient (Wildman–Crippen LogP) is -0.994. The molecule has 0 aromatic rings. The molecule has 1 aliphatic rings. The number of rotatable bonds is 2. The van der Waals surface area contributed by atoms with Crippen LogP contribution in [0.5, 0.6) is 0 Å². The Morgan fingerprint density at radius 1 is 0.583 bits per heavy atom. The lowest BCUT2D eigenvalue weighted by atomic mass is 10.3. The zero-order valence-corrected chi connectivity index (χ0v) is 13.4. The quantitative estimate of drug-likeness (QED) is 0.638. The molecule has 1 heterocycles. The average Bonchev–Trinajstić information content (AvgIpc) is 2.54. The van der Waals surface area contributed by atoms with Gasteiger partial charge in [0.05, 0.1) is 66.1 Å². The van der Waals surface area contributed by atoms with E-state index >= 15 is 0 Å². The van der Waals surface area contributed by atoms with E-state index in [1.165, 1.54) is 0 Å². The molecule has 1 rings (SSSR count). The third-order valence-corrected chi connectivity index (χ3v) is 2.93. The molecule has 0 radical (unpaired) electrons. The van der Waals surface area contributed by atoms with Gasteiger partial charge in [-0.25, -0.2) is 9.59 Å². The lowest BCUT2D eigenvalue weighted by Crippen LogP contribution is -2.37. The topological polar surface area (TPSA) is 130 Å². The minimum Gasteiger partial charge on any atom is -0.479 e. The van der Waals surface area contributed by atoms with Crippen LogP contribution in [0, 0.1) is 0 Å². The molecular weight excluding hydrogens is 328 g/mol. The zero-order valence-electron chi connectivity index (χ0n) is 13.4. The molecule has 140 valence electrons. The van der Waals surface area contributed by atoms with Crippen LogP contribution in [0.1, 0.15) is 0 Å². The normalized spacial score (nSPS) is 26.8. The van der Waals surface area contributed by atoms with Crippen molar-refractivity contribution in [2.75, 3.05) is 66.1 Å². The summed E-state index contributed by atoms with van der Waals surface area (Å²) in [5.41, 5.74) is 0. The van der Waals surface area contributed by atoms with E-state index in [1.54, 1.807) is 0 Å². The molecule has 1 unspecified atom stereocenters. The number of ether oxygens (including phenoxy) is 6. The number of carbonyl (C=O) groups is 2. The molecule has 10 nitrogen and oxygen atoms in total.